The average molecular weight is 613 g/mol. The van der Waals surface area contributed by atoms with Gasteiger partial charge in [-0.25, -0.2) is 0 Å². The maximum Gasteiger partial charge on any atom is 0.164 e. The Morgan fingerprint density at radius 3 is 2.45 bits per heavy atom. The molecule has 6 rings (SSSR count). The van der Waals surface area contributed by atoms with Crippen molar-refractivity contribution in [2.45, 2.75) is 122 Å². The van der Waals surface area contributed by atoms with Gasteiger partial charge >= 0.3 is 0 Å². The number of epoxide rings is 1. The number of carbonyl (C=O) groups excluding carboxylic acids is 1. The highest BCUT2D eigenvalue weighted by molar-refractivity contribution is 5.98. The summed E-state index contributed by atoms with van der Waals surface area (Å²) in [6.07, 6.45) is 2.43. The number of benzene rings is 1. The van der Waals surface area contributed by atoms with Gasteiger partial charge in [-0.1, -0.05) is 39.8 Å². The summed E-state index contributed by atoms with van der Waals surface area (Å²) in [7, 11) is 0. The van der Waals surface area contributed by atoms with E-state index in [2.05, 4.69) is 20.8 Å². The Balaban J connectivity index is 1.43. The van der Waals surface area contributed by atoms with Crippen molar-refractivity contribution in [1.29, 1.82) is 0 Å². The van der Waals surface area contributed by atoms with Crippen LogP contribution in [0.5, 0.6) is 5.75 Å². The van der Waals surface area contributed by atoms with Crippen LogP contribution in [0.4, 0.5) is 0 Å². The molecule has 0 amide bonds. The zero-order valence-electron chi connectivity index (χ0n) is 26.9. The molecule has 12 atom stereocenters. The fraction of sp³-hybridized carbons (Fsp3) is 0.750. The van der Waals surface area contributed by atoms with Crippen molar-refractivity contribution < 1.29 is 40.2 Å². The number of phenolic OH excluding ortho intramolecular Hbond substituents is 1. The Kier molecular flexibility index (Phi) is 7.75. The Morgan fingerprint density at radius 1 is 1.09 bits per heavy atom. The molecule has 244 valence electrons. The lowest BCUT2D eigenvalue weighted by molar-refractivity contribution is -0.195. The number of fused-ring (bicyclic) bond motifs is 5. The van der Waals surface area contributed by atoms with Crippen molar-refractivity contribution >= 4 is 5.78 Å². The van der Waals surface area contributed by atoms with Gasteiger partial charge in [0.05, 0.1) is 41.5 Å². The minimum atomic E-state index is -1.39. The molecule has 1 aromatic carbocycles. The van der Waals surface area contributed by atoms with Gasteiger partial charge in [0, 0.05) is 5.41 Å². The number of aliphatic hydroxyl groups is 5. The van der Waals surface area contributed by atoms with Gasteiger partial charge in [0.25, 0.3) is 0 Å². The number of rotatable bonds is 8. The van der Waals surface area contributed by atoms with Crippen LogP contribution in [0.25, 0.3) is 0 Å². The first-order valence-electron chi connectivity index (χ1n) is 16.7. The summed E-state index contributed by atoms with van der Waals surface area (Å²) in [5, 5.41) is 67.8. The summed E-state index contributed by atoms with van der Waals surface area (Å²) in [5.41, 5.74) is -3.88. The van der Waals surface area contributed by atoms with Crippen LogP contribution in [-0.4, -0.2) is 78.6 Å². The van der Waals surface area contributed by atoms with E-state index in [1.165, 1.54) is 0 Å². The molecule has 6 N–H and O–H groups in total. The van der Waals surface area contributed by atoms with Crippen LogP contribution in [-0.2, 0) is 16.0 Å². The highest BCUT2D eigenvalue weighted by Crippen LogP contribution is 2.72. The van der Waals surface area contributed by atoms with E-state index in [1.807, 2.05) is 26.0 Å². The van der Waals surface area contributed by atoms with Crippen molar-refractivity contribution in [2.24, 2.45) is 39.9 Å². The molecule has 1 heterocycles. The van der Waals surface area contributed by atoms with E-state index in [9.17, 15) is 35.4 Å². The normalized spacial score (nSPS) is 45.2. The van der Waals surface area contributed by atoms with Crippen LogP contribution in [0.2, 0.25) is 0 Å². The number of phenols is 1. The van der Waals surface area contributed by atoms with E-state index in [0.29, 0.717) is 50.0 Å². The van der Waals surface area contributed by atoms with E-state index in [0.717, 1.165) is 5.56 Å². The Hall–Kier alpha value is -1.81. The molecule has 1 saturated heterocycles. The molecule has 4 aliphatic carbocycles. The number of hydrogen-bond acceptors (Lipinski definition) is 8. The van der Waals surface area contributed by atoms with Crippen LogP contribution in [0.3, 0.4) is 0 Å². The van der Waals surface area contributed by atoms with Crippen molar-refractivity contribution in [3.63, 3.8) is 0 Å². The maximum absolute atomic E-state index is 14.1. The summed E-state index contributed by atoms with van der Waals surface area (Å²) >= 11 is 0. The fourth-order valence-electron chi connectivity index (χ4n) is 10.7. The van der Waals surface area contributed by atoms with Crippen LogP contribution >= 0.6 is 0 Å². The second-order valence-electron chi connectivity index (χ2n) is 15.9. The highest BCUT2D eigenvalue weighted by Gasteiger charge is 2.74. The van der Waals surface area contributed by atoms with E-state index in [-0.39, 0.29) is 54.3 Å². The van der Waals surface area contributed by atoms with Crippen molar-refractivity contribution in [3.05, 3.63) is 41.5 Å². The molecule has 5 aliphatic rings. The monoisotopic (exact) mass is 612 g/mol. The molecule has 3 saturated carbocycles. The van der Waals surface area contributed by atoms with Gasteiger partial charge in [-0.15, -0.1) is 0 Å². The molecule has 44 heavy (non-hydrogen) atoms. The molecule has 0 bridgehead atoms. The van der Waals surface area contributed by atoms with Gasteiger partial charge in [0.2, 0.25) is 0 Å². The quantitative estimate of drug-likeness (QED) is 0.243. The minimum Gasteiger partial charge on any atom is -0.508 e. The first kappa shape index (κ1) is 32.1. The van der Waals surface area contributed by atoms with Crippen molar-refractivity contribution in [3.8, 4) is 5.75 Å². The molecular weight excluding hydrogens is 560 g/mol. The van der Waals surface area contributed by atoms with E-state index in [4.69, 9.17) is 4.74 Å². The maximum atomic E-state index is 14.1. The number of ketones is 1. The zero-order valence-corrected chi connectivity index (χ0v) is 26.9. The lowest BCUT2D eigenvalue weighted by Gasteiger charge is -2.64. The number of allylic oxidation sites excluding steroid dienone is 1. The molecule has 0 radical (unpaired) electrons. The Bertz CT molecular complexity index is 1320. The molecule has 4 fully saturated rings. The predicted octanol–water partition coefficient (Wildman–Crippen LogP) is 3.68. The molecule has 0 aromatic heterocycles. The third-order valence-corrected chi connectivity index (χ3v) is 13.7. The third-order valence-electron chi connectivity index (χ3n) is 13.7. The first-order chi connectivity index (χ1) is 20.6. The minimum absolute atomic E-state index is 0.0207. The zero-order chi connectivity index (χ0) is 32.0. The van der Waals surface area contributed by atoms with Crippen LogP contribution in [0.15, 0.2) is 35.9 Å². The summed E-state index contributed by atoms with van der Waals surface area (Å²) in [6, 6.07) is 7.14. The largest absolute Gasteiger partial charge is 0.508 e. The molecular formula is C36H52O8. The first-order valence-corrected chi connectivity index (χ1v) is 16.7. The van der Waals surface area contributed by atoms with Crippen LogP contribution in [0.1, 0.15) is 85.1 Å². The number of carbonyl (C=O) groups is 1. The number of aliphatic hydroxyl groups excluding tert-OH is 3. The van der Waals surface area contributed by atoms with Gasteiger partial charge in [-0.2, -0.15) is 0 Å². The molecule has 8 nitrogen and oxygen atoms in total. The number of ether oxygens (including phenoxy) is 1. The van der Waals surface area contributed by atoms with Crippen LogP contribution < -0.4 is 0 Å². The van der Waals surface area contributed by atoms with Gasteiger partial charge in [-0.3, -0.25) is 4.79 Å². The fourth-order valence-corrected chi connectivity index (χ4v) is 10.7. The second-order valence-corrected chi connectivity index (χ2v) is 15.9. The van der Waals surface area contributed by atoms with E-state index < -0.39 is 46.3 Å². The highest BCUT2D eigenvalue weighted by atomic mass is 16.6. The number of aromatic hydroxyl groups is 1. The molecule has 12 unspecified atom stereocenters. The summed E-state index contributed by atoms with van der Waals surface area (Å²) in [6.45, 7) is 9.84. The van der Waals surface area contributed by atoms with Crippen molar-refractivity contribution in [2.75, 3.05) is 6.61 Å². The number of aryl methyl sites for hydroxylation is 1. The number of hydrogen-bond donors (Lipinski definition) is 6. The smallest absolute Gasteiger partial charge is 0.164 e. The van der Waals surface area contributed by atoms with Gasteiger partial charge in [-0.05, 0) is 117 Å². The standard InChI is InChI=1S/C36H52O8/c1-20(2)21(3)30-31(44-30)33(5,42)28-11-14-36(43)25-16-29(41)35(19-37)18-27(40)26(39)17-32(35,4)24(25)10-13-34(28,36)12-9-22-7-6-8-23(38)15-22/h6-8,15-16,20-21,24,26-28,30-31,37-40,42-43H,9-14,17-19H2,1-5H3. The molecule has 8 heteroatoms. The Labute approximate surface area is 261 Å². The third kappa shape index (κ3) is 4.34. The molecule has 1 aromatic rings. The van der Waals surface area contributed by atoms with E-state index >= 15 is 0 Å². The lowest BCUT2D eigenvalue weighted by Crippen LogP contribution is -2.67. The molecule has 0 spiro atoms. The average Bonchev–Trinajstić information content (AvgIpc) is 3.71. The summed E-state index contributed by atoms with van der Waals surface area (Å²) in [4.78, 5) is 14.1. The van der Waals surface area contributed by atoms with Gasteiger partial charge in [0.15, 0.2) is 5.78 Å². The predicted molar refractivity (Wildman–Crippen MR) is 165 cm³/mol. The topological polar surface area (TPSA) is 151 Å². The van der Waals surface area contributed by atoms with Gasteiger partial charge < -0.3 is 35.4 Å². The van der Waals surface area contributed by atoms with E-state index in [1.54, 1.807) is 18.2 Å². The second kappa shape index (κ2) is 10.6. The Morgan fingerprint density at radius 2 is 1.80 bits per heavy atom. The molecule has 1 aliphatic heterocycles. The summed E-state index contributed by atoms with van der Waals surface area (Å²) in [5.74, 6) is -0.0419. The van der Waals surface area contributed by atoms with Gasteiger partial charge in [0.1, 0.15) is 11.9 Å². The summed E-state index contributed by atoms with van der Waals surface area (Å²) < 4.78 is 6.20. The lowest BCUT2D eigenvalue weighted by atomic mass is 9.40. The van der Waals surface area contributed by atoms with Crippen molar-refractivity contribution in [1.82, 2.24) is 0 Å². The SMILES string of the molecule is CC(C)C(C)C1OC1C(C)(O)C1CCC2(O)C3=CC(=O)C4(CO)CC(O)C(O)CC4(C)C3CCC12CCc1cccc(O)c1. The van der Waals surface area contributed by atoms with Crippen LogP contribution in [0, 0.1) is 39.9 Å².